The second-order valence-corrected chi connectivity index (χ2v) is 3.47. The minimum absolute atomic E-state index is 0.701. The van der Waals surface area contributed by atoms with Crippen molar-refractivity contribution < 1.29 is 0 Å². The van der Waals surface area contributed by atoms with E-state index in [2.05, 4.69) is 31.0 Å². The highest BCUT2D eigenvalue weighted by Crippen LogP contribution is 2.16. The molecule has 0 aliphatic carbocycles. The zero-order chi connectivity index (χ0) is 9.97. The fraction of sp³-hybridized carbons (Fsp3) is 0.222. The molecule has 72 valence electrons. The van der Waals surface area contributed by atoms with Crippen molar-refractivity contribution in [3.05, 3.63) is 29.3 Å². The average molecular weight is 253 g/mol. The Morgan fingerprint density at radius 1 is 1.50 bits per heavy atom. The summed E-state index contributed by atoms with van der Waals surface area (Å²) in [5.41, 5.74) is 0.931. The van der Waals surface area contributed by atoms with Crippen LogP contribution in [0, 0.1) is 0 Å². The highest BCUT2D eigenvalue weighted by molar-refractivity contribution is 9.10. The summed E-state index contributed by atoms with van der Waals surface area (Å²) in [7, 11) is 0. The number of hydrogen-bond donors (Lipinski definition) is 0. The smallest absolute Gasteiger partial charge is 0.195 e. The monoisotopic (exact) mass is 252 g/mol. The fourth-order valence-corrected chi connectivity index (χ4v) is 1.64. The second kappa shape index (κ2) is 3.88. The van der Waals surface area contributed by atoms with Gasteiger partial charge in [-0.2, -0.15) is 0 Å². The molecule has 4 nitrogen and oxygen atoms in total. The molecule has 0 bridgehead atoms. The van der Waals surface area contributed by atoms with E-state index in [9.17, 15) is 0 Å². The molecule has 0 N–H and O–H groups in total. The van der Waals surface area contributed by atoms with Gasteiger partial charge < -0.3 is 0 Å². The van der Waals surface area contributed by atoms with Crippen molar-refractivity contribution in [2.45, 2.75) is 13.5 Å². The normalized spacial score (nSPS) is 10.4. The first-order valence-corrected chi connectivity index (χ1v) is 5.11. The Hall–Kier alpha value is -1.23. The van der Waals surface area contributed by atoms with Crippen LogP contribution in [0.2, 0.25) is 0 Å². The van der Waals surface area contributed by atoms with Gasteiger partial charge in [0.2, 0.25) is 0 Å². The Morgan fingerprint density at radius 3 is 2.93 bits per heavy atom. The van der Waals surface area contributed by atoms with E-state index in [0.717, 1.165) is 16.8 Å². The number of hydrogen-bond acceptors (Lipinski definition) is 3. The summed E-state index contributed by atoms with van der Waals surface area (Å²) in [5.74, 6) is 0.701. The van der Waals surface area contributed by atoms with Crippen molar-refractivity contribution in [3.63, 3.8) is 0 Å². The van der Waals surface area contributed by atoms with Crippen LogP contribution in [0.1, 0.15) is 6.92 Å². The molecule has 0 radical (unpaired) electrons. The Kier molecular flexibility index (Phi) is 2.58. The van der Waals surface area contributed by atoms with Crippen molar-refractivity contribution in [1.29, 1.82) is 0 Å². The summed E-state index contributed by atoms with van der Waals surface area (Å²) < 4.78 is 2.54. The van der Waals surface area contributed by atoms with Gasteiger partial charge in [0.15, 0.2) is 10.6 Å². The van der Waals surface area contributed by atoms with E-state index in [1.807, 2.05) is 19.1 Å². The third kappa shape index (κ3) is 1.68. The maximum absolute atomic E-state index is 4.32. The lowest BCUT2D eigenvalue weighted by atomic mass is 10.3. The minimum atomic E-state index is 0.701. The SMILES string of the molecule is CCn1nc(-c2cccnc2)nc1Br. The van der Waals surface area contributed by atoms with E-state index in [4.69, 9.17) is 0 Å². The molecule has 2 heterocycles. The minimum Gasteiger partial charge on any atom is -0.264 e. The molecule has 2 aromatic heterocycles. The van der Waals surface area contributed by atoms with Crippen molar-refractivity contribution in [3.8, 4) is 11.4 Å². The lowest BCUT2D eigenvalue weighted by Gasteiger charge is -1.93. The zero-order valence-corrected chi connectivity index (χ0v) is 9.27. The second-order valence-electron chi connectivity index (χ2n) is 2.76. The first-order valence-electron chi connectivity index (χ1n) is 4.32. The van der Waals surface area contributed by atoms with Gasteiger partial charge in [-0.25, -0.2) is 9.67 Å². The van der Waals surface area contributed by atoms with Crippen LogP contribution in [0.3, 0.4) is 0 Å². The molecule has 2 aromatic rings. The maximum atomic E-state index is 4.32. The third-order valence-corrected chi connectivity index (χ3v) is 2.43. The predicted molar refractivity (Wildman–Crippen MR) is 56.6 cm³/mol. The molecule has 0 atom stereocenters. The van der Waals surface area contributed by atoms with Crippen LogP contribution in [-0.4, -0.2) is 19.7 Å². The molecule has 14 heavy (non-hydrogen) atoms. The van der Waals surface area contributed by atoms with Gasteiger partial charge in [-0.05, 0) is 35.0 Å². The maximum Gasteiger partial charge on any atom is 0.195 e. The van der Waals surface area contributed by atoms with Crippen LogP contribution in [0.15, 0.2) is 29.3 Å². The van der Waals surface area contributed by atoms with Gasteiger partial charge in [-0.3, -0.25) is 4.98 Å². The summed E-state index contributed by atoms with van der Waals surface area (Å²) in [6.07, 6.45) is 3.48. The molecule has 0 unspecified atom stereocenters. The molecule has 0 spiro atoms. The Bertz CT molecular complexity index is 424. The van der Waals surface area contributed by atoms with Crippen LogP contribution in [0.5, 0.6) is 0 Å². The molecule has 5 heteroatoms. The van der Waals surface area contributed by atoms with Crippen LogP contribution < -0.4 is 0 Å². The zero-order valence-electron chi connectivity index (χ0n) is 7.68. The summed E-state index contributed by atoms with van der Waals surface area (Å²) in [5, 5.41) is 4.32. The summed E-state index contributed by atoms with van der Waals surface area (Å²) in [4.78, 5) is 8.30. The summed E-state index contributed by atoms with van der Waals surface area (Å²) >= 11 is 3.34. The first-order chi connectivity index (χ1) is 6.81. The van der Waals surface area contributed by atoms with E-state index < -0.39 is 0 Å². The largest absolute Gasteiger partial charge is 0.264 e. The number of aryl methyl sites for hydroxylation is 1. The Morgan fingerprint density at radius 2 is 2.36 bits per heavy atom. The topological polar surface area (TPSA) is 43.6 Å². The van der Waals surface area contributed by atoms with Gasteiger partial charge in [-0.15, -0.1) is 5.10 Å². The molecular weight excluding hydrogens is 244 g/mol. The molecule has 0 saturated carbocycles. The Labute approximate surface area is 90.1 Å². The summed E-state index contributed by atoms with van der Waals surface area (Å²) in [6.45, 7) is 2.82. The van der Waals surface area contributed by atoms with Crippen LogP contribution in [0.4, 0.5) is 0 Å². The highest BCUT2D eigenvalue weighted by atomic mass is 79.9. The fourth-order valence-electron chi connectivity index (χ4n) is 1.14. The van der Waals surface area contributed by atoms with E-state index in [0.29, 0.717) is 5.82 Å². The Balaban J connectivity index is 2.43. The highest BCUT2D eigenvalue weighted by Gasteiger charge is 2.07. The van der Waals surface area contributed by atoms with Crippen LogP contribution in [-0.2, 0) is 6.54 Å². The van der Waals surface area contributed by atoms with Gasteiger partial charge in [0.1, 0.15) is 0 Å². The molecule has 0 fully saturated rings. The van der Waals surface area contributed by atoms with Crippen molar-refractivity contribution in [2.24, 2.45) is 0 Å². The molecule has 0 saturated heterocycles. The number of halogens is 1. The van der Waals surface area contributed by atoms with Gasteiger partial charge in [-0.1, -0.05) is 0 Å². The molecule has 0 aromatic carbocycles. The lowest BCUT2D eigenvalue weighted by Crippen LogP contribution is -1.96. The lowest BCUT2D eigenvalue weighted by molar-refractivity contribution is 0.643. The predicted octanol–water partition coefficient (Wildman–Crippen LogP) is 2.12. The van der Waals surface area contributed by atoms with Crippen LogP contribution >= 0.6 is 15.9 Å². The number of aromatic nitrogens is 4. The van der Waals surface area contributed by atoms with Gasteiger partial charge in [0, 0.05) is 24.5 Å². The van der Waals surface area contributed by atoms with Gasteiger partial charge in [0.25, 0.3) is 0 Å². The molecule has 0 aliphatic heterocycles. The van der Waals surface area contributed by atoms with E-state index >= 15 is 0 Å². The van der Waals surface area contributed by atoms with Crippen molar-refractivity contribution >= 4 is 15.9 Å². The van der Waals surface area contributed by atoms with Crippen LogP contribution in [0.25, 0.3) is 11.4 Å². The number of rotatable bonds is 2. The molecule has 0 amide bonds. The average Bonchev–Trinajstić information content (AvgIpc) is 2.61. The molecular formula is C9H9BrN4. The van der Waals surface area contributed by atoms with E-state index in [-0.39, 0.29) is 0 Å². The van der Waals surface area contributed by atoms with Gasteiger partial charge >= 0.3 is 0 Å². The molecule has 0 aliphatic rings. The van der Waals surface area contributed by atoms with E-state index in [1.165, 1.54) is 0 Å². The quantitative estimate of drug-likeness (QED) is 0.823. The number of pyridine rings is 1. The van der Waals surface area contributed by atoms with Crippen molar-refractivity contribution in [2.75, 3.05) is 0 Å². The van der Waals surface area contributed by atoms with E-state index in [1.54, 1.807) is 17.1 Å². The number of nitrogens with zero attached hydrogens (tertiary/aromatic N) is 4. The molecule has 2 rings (SSSR count). The van der Waals surface area contributed by atoms with Gasteiger partial charge in [0.05, 0.1) is 0 Å². The first kappa shape index (κ1) is 9.33. The summed E-state index contributed by atoms with van der Waals surface area (Å²) in [6, 6.07) is 3.81. The third-order valence-electron chi connectivity index (χ3n) is 1.85. The standard InChI is InChI=1S/C9H9BrN4/c1-2-14-9(10)12-8(13-14)7-4-3-5-11-6-7/h3-6H,2H2,1H3. The van der Waals surface area contributed by atoms with Crippen molar-refractivity contribution in [1.82, 2.24) is 19.7 Å².